The molecule has 5 nitrogen and oxygen atoms in total. The Morgan fingerprint density at radius 2 is 2.08 bits per heavy atom. The molecule has 0 saturated carbocycles. The van der Waals surface area contributed by atoms with Crippen molar-refractivity contribution in [2.45, 2.75) is 19.4 Å². The van der Waals surface area contributed by atoms with Crippen molar-refractivity contribution in [1.29, 1.82) is 0 Å². The molecule has 1 saturated heterocycles. The normalized spacial score (nSPS) is 16.7. The number of nitrogens with one attached hydrogen (secondary N) is 2. The number of rotatable bonds is 7. The molecule has 2 heterocycles. The third kappa shape index (κ3) is 3.91. The predicted octanol–water partition coefficient (Wildman–Crippen LogP) is 2.93. The molecule has 2 N–H and O–H groups in total. The molecule has 142 valence electrons. The zero-order valence-corrected chi connectivity index (χ0v) is 16.0. The number of fused-ring (bicyclic) bond motifs is 1. The molecular formula is C19H25FN2O3S. The summed E-state index contributed by atoms with van der Waals surface area (Å²) in [6.45, 7) is 3.20. The van der Waals surface area contributed by atoms with Gasteiger partial charge in [-0.25, -0.2) is 4.39 Å². The van der Waals surface area contributed by atoms with E-state index in [-0.39, 0.29) is 23.7 Å². The molecule has 0 bridgehead atoms. The first-order valence-corrected chi connectivity index (χ1v) is 9.58. The van der Waals surface area contributed by atoms with Gasteiger partial charge in [0, 0.05) is 41.8 Å². The second-order valence-electron chi connectivity index (χ2n) is 6.82. The fourth-order valence-corrected chi connectivity index (χ4v) is 4.75. The average molecular weight is 380 g/mol. The lowest BCUT2D eigenvalue weighted by atomic mass is 9.79. The van der Waals surface area contributed by atoms with Gasteiger partial charge in [0.25, 0.3) is 5.91 Å². The summed E-state index contributed by atoms with van der Waals surface area (Å²) in [7, 11) is 3.24. The number of benzene rings is 1. The fraction of sp³-hybridized carbons (Fsp3) is 0.526. The van der Waals surface area contributed by atoms with Crippen molar-refractivity contribution in [3.63, 3.8) is 0 Å². The Morgan fingerprint density at radius 1 is 1.31 bits per heavy atom. The molecule has 7 heteroatoms. The predicted molar refractivity (Wildman–Crippen MR) is 101 cm³/mol. The Kier molecular flexibility index (Phi) is 6.24. The molecule has 0 radical (unpaired) electrons. The zero-order valence-electron chi connectivity index (χ0n) is 15.2. The Morgan fingerprint density at radius 3 is 2.77 bits per heavy atom. The number of ether oxygens (including phenoxy) is 2. The van der Waals surface area contributed by atoms with Gasteiger partial charge in [-0.3, -0.25) is 4.79 Å². The molecule has 26 heavy (non-hydrogen) atoms. The smallest absolute Gasteiger partial charge is 0.261 e. The van der Waals surface area contributed by atoms with Gasteiger partial charge >= 0.3 is 0 Å². The number of halogens is 1. The molecule has 1 aliphatic heterocycles. The van der Waals surface area contributed by atoms with Crippen LogP contribution < -0.4 is 10.6 Å². The van der Waals surface area contributed by atoms with Gasteiger partial charge < -0.3 is 20.1 Å². The lowest BCUT2D eigenvalue weighted by molar-refractivity contribution is 0.0512. The number of carbonyl (C=O) groups is 1. The quantitative estimate of drug-likeness (QED) is 0.775. The molecule has 1 aromatic heterocycles. The average Bonchev–Trinajstić information content (AvgIpc) is 3.01. The van der Waals surface area contributed by atoms with E-state index in [1.165, 1.54) is 17.4 Å². The van der Waals surface area contributed by atoms with Crippen molar-refractivity contribution in [2.75, 3.05) is 40.5 Å². The van der Waals surface area contributed by atoms with E-state index in [9.17, 15) is 9.18 Å². The summed E-state index contributed by atoms with van der Waals surface area (Å²) in [4.78, 5) is 13.4. The van der Waals surface area contributed by atoms with E-state index >= 15 is 0 Å². The number of methoxy groups -OCH3 is 2. The van der Waals surface area contributed by atoms with Crippen LogP contribution in [-0.2, 0) is 16.1 Å². The Hall–Kier alpha value is -1.54. The first-order valence-electron chi connectivity index (χ1n) is 8.77. The number of hydrogen-bond donors (Lipinski definition) is 2. The van der Waals surface area contributed by atoms with Crippen LogP contribution in [-0.4, -0.2) is 46.4 Å². The van der Waals surface area contributed by atoms with E-state index in [2.05, 4.69) is 10.6 Å². The topological polar surface area (TPSA) is 59.6 Å². The summed E-state index contributed by atoms with van der Waals surface area (Å²) in [5, 5.41) is 6.89. The van der Waals surface area contributed by atoms with Crippen molar-refractivity contribution in [2.24, 2.45) is 5.41 Å². The van der Waals surface area contributed by atoms with Gasteiger partial charge in [-0.1, -0.05) is 6.07 Å². The molecule has 0 unspecified atom stereocenters. The second-order valence-corrected chi connectivity index (χ2v) is 7.87. The number of piperidine rings is 1. The maximum Gasteiger partial charge on any atom is 0.261 e. The van der Waals surface area contributed by atoms with Crippen molar-refractivity contribution in [3.8, 4) is 0 Å². The van der Waals surface area contributed by atoms with E-state index in [1.807, 2.05) is 6.07 Å². The van der Waals surface area contributed by atoms with Crippen LogP contribution >= 0.6 is 11.3 Å². The molecule has 0 spiro atoms. The first-order chi connectivity index (χ1) is 12.6. The van der Waals surface area contributed by atoms with Crippen LogP contribution in [0.15, 0.2) is 18.2 Å². The molecule has 1 aliphatic rings. The van der Waals surface area contributed by atoms with Crippen LogP contribution in [0, 0.1) is 11.2 Å². The van der Waals surface area contributed by atoms with Crippen LogP contribution in [0.25, 0.3) is 10.1 Å². The van der Waals surface area contributed by atoms with Gasteiger partial charge in [0.2, 0.25) is 0 Å². The monoisotopic (exact) mass is 380 g/mol. The van der Waals surface area contributed by atoms with Crippen LogP contribution in [0.3, 0.4) is 0 Å². The van der Waals surface area contributed by atoms with Crippen molar-refractivity contribution >= 4 is 27.3 Å². The summed E-state index contributed by atoms with van der Waals surface area (Å²) < 4.78 is 25.7. The highest BCUT2D eigenvalue weighted by molar-refractivity contribution is 7.21. The van der Waals surface area contributed by atoms with E-state index < -0.39 is 0 Å². The first kappa shape index (κ1) is 19.2. The minimum absolute atomic E-state index is 0.0565. The standard InChI is InChI=1S/C19H25FN2O3S/c1-24-10-13-16-14(20)4-3-5-15(16)26-17(13)18(23)22-11-19(12-25-2)6-8-21-9-7-19/h3-5,21H,6-12H2,1-2H3,(H,22,23). The molecule has 1 amide bonds. The number of thiophene rings is 1. The maximum atomic E-state index is 14.3. The van der Waals surface area contributed by atoms with E-state index in [0.29, 0.717) is 29.0 Å². The summed E-state index contributed by atoms with van der Waals surface area (Å²) >= 11 is 1.31. The van der Waals surface area contributed by atoms with Gasteiger partial charge in [0.05, 0.1) is 18.1 Å². The molecule has 0 aliphatic carbocycles. The van der Waals surface area contributed by atoms with Crippen LogP contribution in [0.2, 0.25) is 0 Å². The highest BCUT2D eigenvalue weighted by atomic mass is 32.1. The van der Waals surface area contributed by atoms with Crippen molar-refractivity contribution in [1.82, 2.24) is 10.6 Å². The molecule has 1 fully saturated rings. The van der Waals surface area contributed by atoms with E-state index in [0.717, 1.165) is 30.6 Å². The van der Waals surface area contributed by atoms with Crippen molar-refractivity contribution < 1.29 is 18.7 Å². The minimum atomic E-state index is -0.320. The Balaban J connectivity index is 1.83. The molecule has 3 rings (SSSR count). The third-order valence-electron chi connectivity index (χ3n) is 5.00. The van der Waals surface area contributed by atoms with Gasteiger partial charge in [-0.2, -0.15) is 0 Å². The van der Waals surface area contributed by atoms with Gasteiger partial charge in [0.15, 0.2) is 0 Å². The number of amides is 1. The van der Waals surface area contributed by atoms with Crippen LogP contribution in [0.1, 0.15) is 28.1 Å². The highest BCUT2D eigenvalue weighted by Gasteiger charge is 2.33. The molecule has 0 atom stereocenters. The number of carbonyl (C=O) groups excluding carboxylic acids is 1. The van der Waals surface area contributed by atoms with E-state index in [4.69, 9.17) is 9.47 Å². The highest BCUT2D eigenvalue weighted by Crippen LogP contribution is 2.34. The largest absolute Gasteiger partial charge is 0.384 e. The maximum absolute atomic E-state index is 14.3. The van der Waals surface area contributed by atoms with Gasteiger partial charge in [-0.05, 0) is 38.1 Å². The van der Waals surface area contributed by atoms with Crippen LogP contribution in [0.4, 0.5) is 4.39 Å². The van der Waals surface area contributed by atoms with Gasteiger partial charge in [0.1, 0.15) is 5.82 Å². The third-order valence-corrected chi connectivity index (χ3v) is 6.19. The molecule has 1 aromatic carbocycles. The molecule has 2 aromatic rings. The lowest BCUT2D eigenvalue weighted by Gasteiger charge is -2.37. The second kappa shape index (κ2) is 8.43. The fourth-order valence-electron chi connectivity index (χ4n) is 3.62. The van der Waals surface area contributed by atoms with Crippen LogP contribution in [0.5, 0.6) is 0 Å². The number of hydrogen-bond acceptors (Lipinski definition) is 5. The Bertz CT molecular complexity index is 766. The summed E-state index contributed by atoms with van der Waals surface area (Å²) in [5.41, 5.74) is 0.563. The molecular weight excluding hydrogens is 355 g/mol. The lowest BCUT2D eigenvalue weighted by Crippen LogP contribution is -2.47. The van der Waals surface area contributed by atoms with E-state index in [1.54, 1.807) is 20.3 Å². The van der Waals surface area contributed by atoms with Gasteiger partial charge in [-0.15, -0.1) is 11.3 Å². The SMILES string of the molecule is COCc1c(C(=O)NCC2(COC)CCNCC2)sc2cccc(F)c12. The van der Waals surface area contributed by atoms with Crippen molar-refractivity contribution in [3.05, 3.63) is 34.5 Å². The minimum Gasteiger partial charge on any atom is -0.384 e. The summed E-state index contributed by atoms with van der Waals surface area (Å²) in [6, 6.07) is 4.91. The zero-order chi connectivity index (χ0) is 18.6. The summed E-state index contributed by atoms with van der Waals surface area (Å²) in [6.07, 6.45) is 1.90. The Labute approximate surface area is 156 Å². The summed E-state index contributed by atoms with van der Waals surface area (Å²) in [5.74, 6) is -0.495.